The molecule has 1 heterocycles. The van der Waals surface area contributed by atoms with Crippen LogP contribution >= 0.6 is 0 Å². The van der Waals surface area contributed by atoms with Crippen LogP contribution in [0.4, 0.5) is 0 Å². The molecule has 0 saturated heterocycles. The Bertz CT molecular complexity index is 683. The lowest BCUT2D eigenvalue weighted by Gasteiger charge is -2.10. The Labute approximate surface area is 123 Å². The summed E-state index contributed by atoms with van der Waals surface area (Å²) in [7, 11) is -1.74. The molecule has 0 spiro atoms. The Morgan fingerprint density at radius 3 is 2.81 bits per heavy atom. The zero-order chi connectivity index (χ0) is 15.3. The second kappa shape index (κ2) is 6.79. The van der Waals surface area contributed by atoms with Crippen molar-refractivity contribution in [1.29, 1.82) is 0 Å². The number of sulfonamides is 1. The maximum atomic E-state index is 12.3. The maximum absolute atomic E-state index is 12.3. The highest BCUT2D eigenvalue weighted by atomic mass is 32.2. The summed E-state index contributed by atoms with van der Waals surface area (Å²) >= 11 is 0. The standard InChI is InChI=1S/C13H18N4O3S/c1-10-3-4-11(8-14-2)7-12(10)21(18,19)17-6-5-13-15-9-16-20-13/h3-4,7,9,14,17H,5-6,8H2,1-2H3. The topological polar surface area (TPSA) is 97.1 Å². The first-order valence-corrected chi connectivity index (χ1v) is 8.00. The molecule has 0 atom stereocenters. The Morgan fingerprint density at radius 1 is 1.33 bits per heavy atom. The molecule has 1 aromatic heterocycles. The van der Waals surface area contributed by atoms with Crippen molar-refractivity contribution >= 4 is 10.0 Å². The average Bonchev–Trinajstić information content (AvgIpc) is 2.94. The third-order valence-electron chi connectivity index (χ3n) is 2.96. The first-order valence-electron chi connectivity index (χ1n) is 6.52. The van der Waals surface area contributed by atoms with Crippen LogP contribution in [0.5, 0.6) is 0 Å². The van der Waals surface area contributed by atoms with Gasteiger partial charge in [-0.2, -0.15) is 4.98 Å². The average molecular weight is 310 g/mol. The van der Waals surface area contributed by atoms with Gasteiger partial charge in [0.05, 0.1) is 4.90 Å². The molecule has 114 valence electrons. The van der Waals surface area contributed by atoms with Gasteiger partial charge >= 0.3 is 0 Å². The van der Waals surface area contributed by atoms with Gasteiger partial charge < -0.3 is 9.84 Å². The van der Waals surface area contributed by atoms with Gasteiger partial charge in [0.25, 0.3) is 0 Å². The van der Waals surface area contributed by atoms with Gasteiger partial charge in [0, 0.05) is 19.5 Å². The maximum Gasteiger partial charge on any atom is 0.240 e. The minimum absolute atomic E-state index is 0.209. The summed E-state index contributed by atoms with van der Waals surface area (Å²) in [5.74, 6) is 0.401. The van der Waals surface area contributed by atoms with Crippen LogP contribution in [0.15, 0.2) is 33.9 Å². The Hall–Kier alpha value is -1.77. The SMILES string of the molecule is CNCc1ccc(C)c(S(=O)(=O)NCCc2ncno2)c1. The lowest BCUT2D eigenvalue weighted by Crippen LogP contribution is -2.27. The normalized spacial score (nSPS) is 11.7. The van der Waals surface area contributed by atoms with Gasteiger partial charge in [-0.15, -0.1) is 0 Å². The van der Waals surface area contributed by atoms with Gasteiger partial charge in [-0.05, 0) is 31.2 Å². The van der Waals surface area contributed by atoms with Crippen LogP contribution in [0.1, 0.15) is 17.0 Å². The molecular formula is C13H18N4O3S. The summed E-state index contributed by atoms with van der Waals surface area (Å²) in [6, 6.07) is 5.39. The van der Waals surface area contributed by atoms with Crippen LogP contribution in [-0.4, -0.2) is 32.2 Å². The highest BCUT2D eigenvalue weighted by Gasteiger charge is 2.17. The predicted octanol–water partition coefficient (Wildman–Crippen LogP) is 0.618. The van der Waals surface area contributed by atoms with Crippen molar-refractivity contribution in [3.63, 3.8) is 0 Å². The van der Waals surface area contributed by atoms with E-state index < -0.39 is 10.0 Å². The molecule has 2 rings (SSSR count). The molecule has 0 aliphatic carbocycles. The van der Waals surface area contributed by atoms with Gasteiger partial charge in [-0.1, -0.05) is 17.3 Å². The molecule has 0 aliphatic heterocycles. The fourth-order valence-electron chi connectivity index (χ4n) is 1.92. The monoisotopic (exact) mass is 310 g/mol. The van der Waals surface area contributed by atoms with Crippen LogP contribution < -0.4 is 10.0 Å². The number of rotatable bonds is 7. The van der Waals surface area contributed by atoms with E-state index in [0.29, 0.717) is 29.3 Å². The van der Waals surface area contributed by atoms with Crippen LogP contribution in [0.25, 0.3) is 0 Å². The van der Waals surface area contributed by atoms with Crippen LogP contribution in [-0.2, 0) is 23.0 Å². The zero-order valence-corrected chi connectivity index (χ0v) is 12.8. The number of nitrogens with one attached hydrogen (secondary N) is 2. The first kappa shape index (κ1) is 15.6. The van der Waals surface area contributed by atoms with Crippen molar-refractivity contribution < 1.29 is 12.9 Å². The fourth-order valence-corrected chi connectivity index (χ4v) is 3.25. The number of aromatic nitrogens is 2. The van der Waals surface area contributed by atoms with Crippen molar-refractivity contribution in [3.05, 3.63) is 41.5 Å². The molecule has 2 aromatic rings. The molecule has 0 bridgehead atoms. The Balaban J connectivity index is 2.09. The van der Waals surface area contributed by atoms with Crippen molar-refractivity contribution in [2.45, 2.75) is 24.8 Å². The summed E-state index contributed by atoms with van der Waals surface area (Å²) in [4.78, 5) is 4.14. The van der Waals surface area contributed by atoms with E-state index in [1.807, 2.05) is 13.1 Å². The molecule has 0 amide bonds. The molecular weight excluding hydrogens is 292 g/mol. The fraction of sp³-hybridized carbons (Fsp3) is 0.385. The van der Waals surface area contributed by atoms with Gasteiger partial charge in [0.1, 0.15) is 0 Å². The van der Waals surface area contributed by atoms with Crippen molar-refractivity contribution in [3.8, 4) is 0 Å². The molecule has 8 heteroatoms. The quantitative estimate of drug-likeness (QED) is 0.778. The molecule has 0 fully saturated rings. The summed E-state index contributed by atoms with van der Waals surface area (Å²) in [6.45, 7) is 2.60. The smallest absolute Gasteiger partial charge is 0.240 e. The van der Waals surface area contributed by atoms with E-state index >= 15 is 0 Å². The van der Waals surface area contributed by atoms with Crippen molar-refractivity contribution in [2.24, 2.45) is 0 Å². The molecule has 0 unspecified atom stereocenters. The minimum atomic E-state index is -3.55. The van der Waals surface area contributed by atoms with E-state index in [4.69, 9.17) is 4.52 Å². The highest BCUT2D eigenvalue weighted by molar-refractivity contribution is 7.89. The summed E-state index contributed by atoms with van der Waals surface area (Å²) < 4.78 is 32.1. The summed E-state index contributed by atoms with van der Waals surface area (Å²) in [5, 5.41) is 6.47. The van der Waals surface area contributed by atoms with E-state index in [1.54, 1.807) is 19.1 Å². The number of hydrogen-bond donors (Lipinski definition) is 2. The molecule has 0 saturated carbocycles. The minimum Gasteiger partial charge on any atom is -0.340 e. The first-order chi connectivity index (χ1) is 10.0. The zero-order valence-electron chi connectivity index (χ0n) is 12.0. The third kappa shape index (κ3) is 4.10. The van der Waals surface area contributed by atoms with E-state index in [-0.39, 0.29) is 6.54 Å². The van der Waals surface area contributed by atoms with E-state index in [1.165, 1.54) is 6.33 Å². The summed E-state index contributed by atoms with van der Waals surface area (Å²) in [5.41, 5.74) is 1.63. The van der Waals surface area contributed by atoms with Crippen molar-refractivity contribution in [1.82, 2.24) is 20.2 Å². The molecule has 2 N–H and O–H groups in total. The van der Waals surface area contributed by atoms with Gasteiger partial charge in [0.2, 0.25) is 15.9 Å². The van der Waals surface area contributed by atoms with E-state index in [2.05, 4.69) is 20.2 Å². The number of hydrogen-bond acceptors (Lipinski definition) is 6. The van der Waals surface area contributed by atoms with Crippen LogP contribution in [0.3, 0.4) is 0 Å². The largest absolute Gasteiger partial charge is 0.340 e. The van der Waals surface area contributed by atoms with Crippen LogP contribution in [0, 0.1) is 6.92 Å². The number of benzene rings is 1. The molecule has 21 heavy (non-hydrogen) atoms. The predicted molar refractivity (Wildman–Crippen MR) is 77.1 cm³/mol. The molecule has 7 nitrogen and oxygen atoms in total. The van der Waals surface area contributed by atoms with Gasteiger partial charge in [0.15, 0.2) is 6.33 Å². The van der Waals surface area contributed by atoms with Crippen molar-refractivity contribution in [2.75, 3.05) is 13.6 Å². The second-order valence-electron chi connectivity index (χ2n) is 4.61. The third-order valence-corrected chi connectivity index (χ3v) is 4.56. The van der Waals surface area contributed by atoms with Crippen LogP contribution in [0.2, 0.25) is 0 Å². The molecule has 0 aliphatic rings. The van der Waals surface area contributed by atoms with E-state index in [9.17, 15) is 8.42 Å². The Morgan fingerprint density at radius 2 is 2.14 bits per heavy atom. The van der Waals surface area contributed by atoms with Gasteiger partial charge in [-0.3, -0.25) is 0 Å². The molecule has 0 radical (unpaired) electrons. The highest BCUT2D eigenvalue weighted by Crippen LogP contribution is 2.17. The van der Waals surface area contributed by atoms with E-state index in [0.717, 1.165) is 5.56 Å². The second-order valence-corrected chi connectivity index (χ2v) is 6.35. The Kier molecular flexibility index (Phi) is 5.05. The lowest BCUT2D eigenvalue weighted by atomic mass is 10.1. The molecule has 1 aromatic carbocycles. The lowest BCUT2D eigenvalue weighted by molar-refractivity contribution is 0.377. The van der Waals surface area contributed by atoms with Gasteiger partial charge in [-0.25, -0.2) is 13.1 Å². The summed E-state index contributed by atoms with van der Waals surface area (Å²) in [6.07, 6.45) is 1.64. The number of nitrogens with zero attached hydrogens (tertiary/aromatic N) is 2. The number of aryl methyl sites for hydroxylation is 1.